The summed E-state index contributed by atoms with van der Waals surface area (Å²) in [5, 5.41) is 0. The van der Waals surface area contributed by atoms with Crippen LogP contribution in [0.4, 0.5) is 13.2 Å². The van der Waals surface area contributed by atoms with E-state index in [1.807, 2.05) is 24.3 Å². The van der Waals surface area contributed by atoms with Crippen LogP contribution in [0.1, 0.15) is 30.0 Å². The van der Waals surface area contributed by atoms with E-state index in [-0.39, 0.29) is 17.5 Å². The summed E-state index contributed by atoms with van der Waals surface area (Å²) in [5.41, 5.74) is 0.0624. The molecule has 1 heterocycles. The lowest BCUT2D eigenvalue weighted by molar-refractivity contribution is -0.137. The minimum atomic E-state index is -4.51. The highest BCUT2D eigenvalue weighted by atomic mass is 32.2. The first-order valence-electron chi connectivity index (χ1n) is 9.25. The molecule has 1 fully saturated rings. The molecule has 0 unspecified atom stereocenters. The third kappa shape index (κ3) is 5.29. The van der Waals surface area contributed by atoms with Crippen LogP contribution in [0.3, 0.4) is 0 Å². The normalized spacial score (nSPS) is 16.7. The molecule has 0 bridgehead atoms. The van der Waals surface area contributed by atoms with Gasteiger partial charge in [0.25, 0.3) is 0 Å². The van der Waals surface area contributed by atoms with E-state index in [2.05, 4.69) is 9.62 Å². The summed E-state index contributed by atoms with van der Waals surface area (Å²) < 4.78 is 71.1. The molecule has 1 N–H and O–H groups in total. The lowest BCUT2D eigenvalue weighted by Crippen LogP contribution is -2.36. The Morgan fingerprint density at radius 1 is 1.03 bits per heavy atom. The molecule has 29 heavy (non-hydrogen) atoms. The number of alkyl halides is 3. The molecule has 1 aliphatic heterocycles. The van der Waals surface area contributed by atoms with Crippen molar-refractivity contribution in [2.45, 2.75) is 30.0 Å². The molecule has 0 aliphatic carbocycles. The second-order valence-corrected chi connectivity index (χ2v) is 8.67. The van der Waals surface area contributed by atoms with E-state index in [1.54, 1.807) is 7.11 Å². The van der Waals surface area contributed by atoms with Gasteiger partial charge >= 0.3 is 6.18 Å². The van der Waals surface area contributed by atoms with Gasteiger partial charge in [-0.15, -0.1) is 0 Å². The quantitative estimate of drug-likeness (QED) is 0.728. The maximum atomic E-state index is 12.7. The Morgan fingerprint density at radius 2 is 1.62 bits per heavy atom. The van der Waals surface area contributed by atoms with E-state index < -0.39 is 21.8 Å². The van der Waals surface area contributed by atoms with Gasteiger partial charge in [-0.1, -0.05) is 12.1 Å². The van der Waals surface area contributed by atoms with E-state index in [0.29, 0.717) is 5.75 Å². The third-order valence-corrected chi connectivity index (χ3v) is 6.48. The molecule has 0 amide bonds. The largest absolute Gasteiger partial charge is 0.497 e. The van der Waals surface area contributed by atoms with Crippen molar-refractivity contribution >= 4 is 10.0 Å². The number of rotatable bonds is 7. The highest BCUT2D eigenvalue weighted by Crippen LogP contribution is 2.30. The number of benzene rings is 2. The topological polar surface area (TPSA) is 58.6 Å². The first-order valence-corrected chi connectivity index (χ1v) is 10.7. The molecule has 1 saturated heterocycles. The molecule has 0 radical (unpaired) electrons. The van der Waals surface area contributed by atoms with Crippen LogP contribution in [0.25, 0.3) is 0 Å². The van der Waals surface area contributed by atoms with Crippen LogP contribution in [0.15, 0.2) is 53.4 Å². The van der Waals surface area contributed by atoms with Crippen molar-refractivity contribution in [3.63, 3.8) is 0 Å². The summed E-state index contributed by atoms with van der Waals surface area (Å²) >= 11 is 0. The zero-order valence-corrected chi connectivity index (χ0v) is 16.8. The van der Waals surface area contributed by atoms with E-state index in [0.717, 1.165) is 55.8 Å². The molecular formula is C20H23F3N2O3S. The van der Waals surface area contributed by atoms with Crippen molar-refractivity contribution in [2.24, 2.45) is 0 Å². The minimum Gasteiger partial charge on any atom is -0.497 e. The predicted octanol–water partition coefficient (Wildman–Crippen LogP) is 3.83. The third-order valence-electron chi connectivity index (χ3n) is 5.04. The van der Waals surface area contributed by atoms with Crippen LogP contribution in [-0.4, -0.2) is 40.1 Å². The Labute approximate surface area is 168 Å². The average molecular weight is 428 g/mol. The van der Waals surface area contributed by atoms with Crippen LogP contribution in [0.2, 0.25) is 0 Å². The average Bonchev–Trinajstić information content (AvgIpc) is 3.22. The van der Waals surface area contributed by atoms with Crippen LogP contribution in [0, 0.1) is 0 Å². The first kappa shape index (κ1) is 21.6. The van der Waals surface area contributed by atoms with Gasteiger partial charge in [-0.05, 0) is 67.9 Å². The van der Waals surface area contributed by atoms with Crippen molar-refractivity contribution < 1.29 is 26.3 Å². The molecule has 2 aromatic carbocycles. The number of nitrogens with one attached hydrogen (secondary N) is 1. The van der Waals surface area contributed by atoms with E-state index in [4.69, 9.17) is 4.74 Å². The van der Waals surface area contributed by atoms with Crippen LogP contribution >= 0.6 is 0 Å². The number of sulfonamides is 1. The summed E-state index contributed by atoms with van der Waals surface area (Å²) in [4.78, 5) is 2.01. The second kappa shape index (κ2) is 8.73. The van der Waals surface area contributed by atoms with Crippen LogP contribution < -0.4 is 9.46 Å². The molecule has 9 heteroatoms. The lowest BCUT2D eigenvalue weighted by Gasteiger charge is -2.28. The van der Waals surface area contributed by atoms with Gasteiger partial charge in [-0.2, -0.15) is 13.2 Å². The summed E-state index contributed by atoms with van der Waals surface area (Å²) in [5.74, 6) is 0.708. The number of ether oxygens (including phenoxy) is 1. The zero-order valence-electron chi connectivity index (χ0n) is 15.9. The Morgan fingerprint density at radius 3 is 2.14 bits per heavy atom. The molecule has 0 spiro atoms. The summed E-state index contributed by atoms with van der Waals surface area (Å²) in [6, 6.07) is 10.8. The fraction of sp³-hybridized carbons (Fsp3) is 0.400. The number of hydrogen-bond acceptors (Lipinski definition) is 4. The maximum absolute atomic E-state index is 12.7. The molecule has 2 aromatic rings. The van der Waals surface area contributed by atoms with Crippen molar-refractivity contribution in [1.82, 2.24) is 9.62 Å². The predicted molar refractivity (Wildman–Crippen MR) is 103 cm³/mol. The Kier molecular flexibility index (Phi) is 6.50. The van der Waals surface area contributed by atoms with Gasteiger partial charge in [0, 0.05) is 12.6 Å². The SMILES string of the molecule is COc1ccc([C@H](CNS(=O)(=O)c2ccc(C(F)(F)F)cc2)N2CCCC2)cc1. The molecule has 5 nitrogen and oxygen atoms in total. The van der Waals surface area contributed by atoms with Crippen molar-refractivity contribution in [3.8, 4) is 5.75 Å². The fourth-order valence-corrected chi connectivity index (χ4v) is 4.47. The molecule has 1 atom stereocenters. The summed E-state index contributed by atoms with van der Waals surface area (Å²) in [6.07, 6.45) is -2.43. The van der Waals surface area contributed by atoms with Gasteiger partial charge in [0.1, 0.15) is 5.75 Å². The molecule has 0 aromatic heterocycles. The Bertz CT molecular complexity index is 907. The number of nitrogens with zero attached hydrogens (tertiary/aromatic N) is 1. The standard InChI is InChI=1S/C20H23F3N2O3S/c1-28-17-8-4-15(5-9-17)19(25-12-2-3-13-25)14-24-29(26,27)18-10-6-16(7-11-18)20(21,22)23/h4-11,19,24H,2-3,12-14H2,1H3/t19-/m0/s1. The zero-order chi connectivity index (χ0) is 21.1. The number of likely N-dealkylation sites (tertiary alicyclic amines) is 1. The number of methoxy groups -OCH3 is 1. The number of halogens is 3. The maximum Gasteiger partial charge on any atom is 0.416 e. The van der Waals surface area contributed by atoms with Gasteiger partial charge in [0.05, 0.1) is 17.6 Å². The van der Waals surface area contributed by atoms with Crippen molar-refractivity contribution in [2.75, 3.05) is 26.7 Å². The molecular weight excluding hydrogens is 405 g/mol. The highest BCUT2D eigenvalue weighted by molar-refractivity contribution is 7.89. The second-order valence-electron chi connectivity index (χ2n) is 6.91. The lowest BCUT2D eigenvalue weighted by atomic mass is 10.1. The van der Waals surface area contributed by atoms with Gasteiger partial charge in [-0.25, -0.2) is 13.1 Å². The minimum absolute atomic E-state index is 0.121. The summed E-state index contributed by atoms with van der Waals surface area (Å²) in [6.45, 7) is 1.84. The smallest absolute Gasteiger partial charge is 0.416 e. The van der Waals surface area contributed by atoms with Crippen LogP contribution in [0.5, 0.6) is 5.75 Å². The van der Waals surface area contributed by atoms with Gasteiger partial charge < -0.3 is 4.74 Å². The van der Waals surface area contributed by atoms with E-state index in [9.17, 15) is 21.6 Å². The van der Waals surface area contributed by atoms with Gasteiger partial charge in [-0.3, -0.25) is 4.90 Å². The van der Waals surface area contributed by atoms with Crippen LogP contribution in [-0.2, 0) is 16.2 Å². The molecule has 1 aliphatic rings. The van der Waals surface area contributed by atoms with Crippen molar-refractivity contribution in [1.29, 1.82) is 0 Å². The summed E-state index contributed by atoms with van der Waals surface area (Å²) in [7, 11) is -2.36. The number of hydrogen-bond donors (Lipinski definition) is 1. The molecule has 158 valence electrons. The molecule has 0 saturated carbocycles. The monoisotopic (exact) mass is 428 g/mol. The van der Waals surface area contributed by atoms with Gasteiger partial charge in [0.15, 0.2) is 0 Å². The Hall–Kier alpha value is -2.10. The Balaban J connectivity index is 1.77. The van der Waals surface area contributed by atoms with E-state index >= 15 is 0 Å². The molecule has 3 rings (SSSR count). The van der Waals surface area contributed by atoms with Crippen molar-refractivity contribution in [3.05, 3.63) is 59.7 Å². The fourth-order valence-electron chi connectivity index (χ4n) is 3.43. The van der Waals surface area contributed by atoms with Gasteiger partial charge in [0.2, 0.25) is 10.0 Å². The van der Waals surface area contributed by atoms with E-state index in [1.165, 1.54) is 0 Å². The highest BCUT2D eigenvalue weighted by Gasteiger charge is 2.31. The first-order chi connectivity index (χ1) is 13.7.